The standard InChI is InChI=1S/C21H16FN3O4S/c1-14-11-18(19-12-16(25(26)27)7-8-20(19)22)17-9-10-24(21(17)23-14)30(28,29)13-15-5-3-2-4-6-15/h2-12H,13H2,1H3. The Bertz CT molecular complexity index is 1380. The van der Waals surface area contributed by atoms with Gasteiger partial charge in [-0.05, 0) is 36.2 Å². The fraction of sp³-hybridized carbons (Fsp3) is 0.0952. The molecule has 2 heterocycles. The highest BCUT2D eigenvalue weighted by Crippen LogP contribution is 2.34. The molecular formula is C21H16FN3O4S. The average Bonchev–Trinajstić information content (AvgIpc) is 3.13. The van der Waals surface area contributed by atoms with Crippen molar-refractivity contribution in [3.63, 3.8) is 0 Å². The second-order valence-corrected chi connectivity index (χ2v) is 8.67. The van der Waals surface area contributed by atoms with Crippen LogP contribution in [0.4, 0.5) is 10.1 Å². The molecule has 9 heteroatoms. The van der Waals surface area contributed by atoms with E-state index in [2.05, 4.69) is 4.98 Å². The normalized spacial score (nSPS) is 11.7. The lowest BCUT2D eigenvalue weighted by Gasteiger charge is -2.10. The van der Waals surface area contributed by atoms with E-state index in [1.54, 1.807) is 43.3 Å². The number of non-ortho nitro benzene ring substituents is 1. The maximum atomic E-state index is 14.5. The Morgan fingerprint density at radius 2 is 1.80 bits per heavy atom. The smallest absolute Gasteiger partial charge is 0.258 e. The van der Waals surface area contributed by atoms with E-state index in [1.807, 2.05) is 0 Å². The number of halogens is 1. The Labute approximate surface area is 171 Å². The van der Waals surface area contributed by atoms with Gasteiger partial charge in [0, 0.05) is 35.0 Å². The van der Waals surface area contributed by atoms with Crippen molar-refractivity contribution in [2.45, 2.75) is 12.7 Å². The molecule has 0 atom stereocenters. The zero-order chi connectivity index (χ0) is 21.5. The molecule has 0 aliphatic rings. The van der Waals surface area contributed by atoms with Crippen LogP contribution in [0.2, 0.25) is 0 Å². The number of nitro benzene ring substituents is 1. The van der Waals surface area contributed by atoms with Crippen LogP contribution in [0.1, 0.15) is 11.3 Å². The lowest BCUT2D eigenvalue weighted by Crippen LogP contribution is -2.14. The summed E-state index contributed by atoms with van der Waals surface area (Å²) in [7, 11) is -3.79. The molecule has 7 nitrogen and oxygen atoms in total. The molecule has 0 aliphatic carbocycles. The number of hydrogen-bond acceptors (Lipinski definition) is 5. The summed E-state index contributed by atoms with van der Waals surface area (Å²) >= 11 is 0. The van der Waals surface area contributed by atoms with Crippen molar-refractivity contribution in [1.29, 1.82) is 0 Å². The summed E-state index contributed by atoms with van der Waals surface area (Å²) in [5.41, 5.74) is 1.32. The first-order valence-corrected chi connectivity index (χ1v) is 10.6. The monoisotopic (exact) mass is 425 g/mol. The SMILES string of the molecule is Cc1cc(-c2cc([N+](=O)[O-])ccc2F)c2ccn(S(=O)(=O)Cc3ccccc3)c2n1. The number of nitro groups is 1. The zero-order valence-corrected chi connectivity index (χ0v) is 16.6. The first-order chi connectivity index (χ1) is 14.3. The van der Waals surface area contributed by atoms with Gasteiger partial charge in [0.2, 0.25) is 10.0 Å². The molecule has 0 spiro atoms. The number of fused-ring (bicyclic) bond motifs is 1. The second-order valence-electron chi connectivity index (χ2n) is 6.82. The van der Waals surface area contributed by atoms with Crippen molar-refractivity contribution in [2.75, 3.05) is 0 Å². The van der Waals surface area contributed by atoms with E-state index >= 15 is 0 Å². The van der Waals surface area contributed by atoms with E-state index in [9.17, 15) is 22.9 Å². The van der Waals surface area contributed by atoms with Crippen molar-refractivity contribution in [2.24, 2.45) is 0 Å². The second kappa shape index (κ2) is 7.34. The largest absolute Gasteiger partial charge is 0.270 e. The Kier molecular flexibility index (Phi) is 4.83. The van der Waals surface area contributed by atoms with Crippen LogP contribution in [0.3, 0.4) is 0 Å². The predicted molar refractivity (Wildman–Crippen MR) is 111 cm³/mol. The Hall–Kier alpha value is -3.59. The third kappa shape index (κ3) is 3.55. The van der Waals surface area contributed by atoms with Gasteiger partial charge in [-0.1, -0.05) is 30.3 Å². The lowest BCUT2D eigenvalue weighted by atomic mass is 10.0. The molecule has 152 valence electrons. The zero-order valence-electron chi connectivity index (χ0n) is 15.8. The molecule has 2 aromatic heterocycles. The molecule has 0 N–H and O–H groups in total. The number of aromatic nitrogens is 2. The van der Waals surface area contributed by atoms with Gasteiger partial charge in [-0.15, -0.1) is 0 Å². The number of aryl methyl sites for hydroxylation is 1. The van der Waals surface area contributed by atoms with Crippen LogP contribution in [-0.2, 0) is 15.8 Å². The van der Waals surface area contributed by atoms with Gasteiger partial charge >= 0.3 is 0 Å². The quantitative estimate of drug-likeness (QED) is 0.348. The molecule has 0 bridgehead atoms. The molecule has 0 saturated carbocycles. The minimum atomic E-state index is -3.79. The fourth-order valence-electron chi connectivity index (χ4n) is 3.35. The first kappa shape index (κ1) is 19.7. The minimum absolute atomic E-state index is 0.0120. The summed E-state index contributed by atoms with van der Waals surface area (Å²) in [4.78, 5) is 14.9. The fourth-order valence-corrected chi connectivity index (χ4v) is 4.75. The molecule has 4 rings (SSSR count). The molecule has 0 radical (unpaired) electrons. The van der Waals surface area contributed by atoms with Gasteiger partial charge in [-0.3, -0.25) is 10.1 Å². The van der Waals surface area contributed by atoms with Crippen molar-refractivity contribution in [3.8, 4) is 11.1 Å². The average molecular weight is 425 g/mol. The van der Waals surface area contributed by atoms with E-state index in [0.29, 0.717) is 22.2 Å². The van der Waals surface area contributed by atoms with Crippen LogP contribution in [0.25, 0.3) is 22.2 Å². The van der Waals surface area contributed by atoms with E-state index < -0.39 is 20.8 Å². The molecule has 30 heavy (non-hydrogen) atoms. The van der Waals surface area contributed by atoms with Crippen molar-refractivity contribution < 1.29 is 17.7 Å². The van der Waals surface area contributed by atoms with E-state index in [4.69, 9.17) is 0 Å². The van der Waals surface area contributed by atoms with Crippen LogP contribution in [0, 0.1) is 22.9 Å². The Balaban J connectivity index is 1.89. The summed E-state index contributed by atoms with van der Waals surface area (Å²) in [6.45, 7) is 1.65. The highest BCUT2D eigenvalue weighted by atomic mass is 32.2. The summed E-state index contributed by atoms with van der Waals surface area (Å²) in [6.07, 6.45) is 1.37. The molecule has 0 fully saturated rings. The molecule has 4 aromatic rings. The summed E-state index contributed by atoms with van der Waals surface area (Å²) in [5.74, 6) is -0.874. The third-order valence-corrected chi connectivity index (χ3v) is 6.29. The lowest BCUT2D eigenvalue weighted by molar-refractivity contribution is -0.384. The van der Waals surface area contributed by atoms with Crippen molar-refractivity contribution in [3.05, 3.63) is 94.0 Å². The Morgan fingerprint density at radius 1 is 1.07 bits per heavy atom. The maximum Gasteiger partial charge on any atom is 0.270 e. The number of hydrogen-bond donors (Lipinski definition) is 0. The minimum Gasteiger partial charge on any atom is -0.258 e. The van der Waals surface area contributed by atoms with Gasteiger partial charge < -0.3 is 0 Å². The highest BCUT2D eigenvalue weighted by Gasteiger charge is 2.22. The Morgan fingerprint density at radius 3 is 2.50 bits per heavy atom. The maximum absolute atomic E-state index is 14.5. The van der Waals surface area contributed by atoms with Gasteiger partial charge in [0.05, 0.1) is 10.7 Å². The van der Waals surface area contributed by atoms with Gasteiger partial charge in [0.25, 0.3) is 5.69 Å². The molecule has 0 saturated heterocycles. The van der Waals surface area contributed by atoms with Crippen LogP contribution in [-0.4, -0.2) is 22.3 Å². The highest BCUT2D eigenvalue weighted by molar-refractivity contribution is 7.89. The third-order valence-electron chi connectivity index (χ3n) is 4.69. The van der Waals surface area contributed by atoms with Crippen LogP contribution in [0.5, 0.6) is 0 Å². The molecule has 2 aromatic carbocycles. The van der Waals surface area contributed by atoms with Crippen LogP contribution >= 0.6 is 0 Å². The summed E-state index contributed by atoms with van der Waals surface area (Å²) in [6, 6.07) is 15.1. The molecule has 0 unspecified atom stereocenters. The summed E-state index contributed by atoms with van der Waals surface area (Å²) < 4.78 is 41.6. The number of rotatable bonds is 5. The number of benzene rings is 2. The van der Waals surface area contributed by atoms with Gasteiger partial charge in [0.15, 0.2) is 5.65 Å². The molecular weight excluding hydrogens is 409 g/mol. The summed E-state index contributed by atoms with van der Waals surface area (Å²) in [5, 5.41) is 11.5. The van der Waals surface area contributed by atoms with Crippen LogP contribution in [0.15, 0.2) is 66.9 Å². The van der Waals surface area contributed by atoms with Gasteiger partial charge in [-0.25, -0.2) is 21.8 Å². The van der Waals surface area contributed by atoms with E-state index in [1.165, 1.54) is 12.3 Å². The number of pyridine rings is 1. The van der Waals surface area contributed by atoms with Gasteiger partial charge in [0.1, 0.15) is 5.82 Å². The number of nitrogens with zero attached hydrogens (tertiary/aromatic N) is 3. The van der Waals surface area contributed by atoms with E-state index in [0.717, 1.165) is 22.2 Å². The predicted octanol–water partition coefficient (Wildman–Crippen LogP) is 4.44. The van der Waals surface area contributed by atoms with Gasteiger partial charge in [-0.2, -0.15) is 0 Å². The first-order valence-electron chi connectivity index (χ1n) is 8.96. The van der Waals surface area contributed by atoms with Crippen LogP contribution < -0.4 is 0 Å². The van der Waals surface area contributed by atoms with Crippen molar-refractivity contribution in [1.82, 2.24) is 8.96 Å². The van der Waals surface area contributed by atoms with E-state index in [-0.39, 0.29) is 22.7 Å². The molecule has 0 amide bonds. The van der Waals surface area contributed by atoms with Crippen molar-refractivity contribution >= 4 is 26.7 Å². The topological polar surface area (TPSA) is 95.1 Å². The molecule has 0 aliphatic heterocycles.